The highest BCUT2D eigenvalue weighted by Crippen LogP contribution is 2.27. The van der Waals surface area contributed by atoms with E-state index in [4.69, 9.17) is 4.74 Å². The quantitative estimate of drug-likeness (QED) is 0.913. The Morgan fingerprint density at radius 2 is 1.65 bits per heavy atom. The summed E-state index contributed by atoms with van der Waals surface area (Å²) in [5.74, 6) is 0.661. The van der Waals surface area contributed by atoms with E-state index in [0.29, 0.717) is 12.4 Å². The van der Waals surface area contributed by atoms with E-state index >= 15 is 0 Å². The van der Waals surface area contributed by atoms with Gasteiger partial charge in [0.1, 0.15) is 24.6 Å². The van der Waals surface area contributed by atoms with Crippen LogP contribution in [-0.2, 0) is 0 Å². The van der Waals surface area contributed by atoms with Crippen LogP contribution in [0.1, 0.15) is 0 Å². The van der Waals surface area contributed by atoms with Crippen LogP contribution < -0.4 is 24.9 Å². The molecule has 136 valence electrons. The summed E-state index contributed by atoms with van der Waals surface area (Å²) in [5, 5.41) is 3.94. The van der Waals surface area contributed by atoms with Gasteiger partial charge in [0.05, 0.1) is 12.8 Å². The van der Waals surface area contributed by atoms with Gasteiger partial charge in [-0.3, -0.25) is 5.43 Å². The zero-order valence-electron chi connectivity index (χ0n) is 14.7. The average Bonchev–Trinajstić information content (AvgIpc) is 3.23. The van der Waals surface area contributed by atoms with Crippen molar-refractivity contribution in [2.75, 3.05) is 54.7 Å². The van der Waals surface area contributed by atoms with E-state index in [9.17, 15) is 4.39 Å². The summed E-state index contributed by atoms with van der Waals surface area (Å²) in [6.45, 7) is 3.86. The highest BCUT2D eigenvalue weighted by atomic mass is 19.1. The Hall–Kier alpha value is -2.96. The first-order valence-electron chi connectivity index (χ1n) is 8.71. The van der Waals surface area contributed by atoms with Gasteiger partial charge in [0.2, 0.25) is 0 Å². The van der Waals surface area contributed by atoms with Crippen LogP contribution in [-0.4, -0.2) is 46.3 Å². The molecule has 0 aliphatic carbocycles. The maximum Gasteiger partial charge on any atom is 0.148 e. The summed E-state index contributed by atoms with van der Waals surface area (Å²) in [4.78, 5) is 6.29. The van der Waals surface area contributed by atoms with Gasteiger partial charge >= 0.3 is 0 Å². The smallest absolute Gasteiger partial charge is 0.148 e. The highest BCUT2D eigenvalue weighted by molar-refractivity contribution is 5.80. The summed E-state index contributed by atoms with van der Waals surface area (Å²) >= 11 is 0. The van der Waals surface area contributed by atoms with Crippen molar-refractivity contribution in [2.45, 2.75) is 0 Å². The summed E-state index contributed by atoms with van der Waals surface area (Å²) in [5.41, 5.74) is 5.48. The number of methoxy groups -OCH3 is 1. The van der Waals surface area contributed by atoms with Crippen LogP contribution in [0.15, 0.2) is 47.6 Å². The minimum absolute atomic E-state index is 0.194. The van der Waals surface area contributed by atoms with Crippen LogP contribution in [0.2, 0.25) is 0 Å². The molecule has 2 aromatic rings. The second-order valence-electron chi connectivity index (χ2n) is 6.34. The summed E-state index contributed by atoms with van der Waals surface area (Å²) < 4.78 is 19.8. The van der Waals surface area contributed by atoms with Crippen LogP contribution in [0.25, 0.3) is 0 Å². The monoisotopic (exact) mass is 355 g/mol. The van der Waals surface area contributed by atoms with Crippen molar-refractivity contribution in [1.29, 1.82) is 0 Å². The number of rotatable bonds is 4. The lowest BCUT2D eigenvalue weighted by molar-refractivity contribution is 0.415. The number of ether oxygens (including phenoxy) is 1. The Balaban J connectivity index is 1.41. The molecule has 2 aliphatic rings. The zero-order valence-corrected chi connectivity index (χ0v) is 14.7. The standard InChI is InChI=1S/C19H22FN5O/c1-26-17-5-2-15(3-6-17)23-8-10-24(11-9-23)19-7-4-16(12-18(19)20)25-13-21-22-14-25/h2-7,12-13,22H,8-11,14H2,1H3. The molecule has 6 nitrogen and oxygen atoms in total. The molecule has 0 amide bonds. The van der Waals surface area contributed by atoms with Gasteiger partial charge in [0.15, 0.2) is 0 Å². The van der Waals surface area contributed by atoms with Crippen molar-refractivity contribution in [2.24, 2.45) is 5.10 Å². The molecule has 7 heteroatoms. The van der Waals surface area contributed by atoms with Crippen LogP contribution in [0.5, 0.6) is 5.75 Å². The number of halogens is 1. The fourth-order valence-electron chi connectivity index (χ4n) is 3.36. The number of anilines is 3. The van der Waals surface area contributed by atoms with Gasteiger partial charge in [-0.15, -0.1) is 0 Å². The second kappa shape index (κ2) is 7.11. The molecule has 1 fully saturated rings. The minimum atomic E-state index is -0.194. The number of nitrogens with one attached hydrogen (secondary N) is 1. The number of hydrogen-bond acceptors (Lipinski definition) is 6. The third kappa shape index (κ3) is 3.24. The third-order valence-electron chi connectivity index (χ3n) is 4.85. The largest absolute Gasteiger partial charge is 0.497 e. The van der Waals surface area contributed by atoms with E-state index in [0.717, 1.165) is 37.6 Å². The molecule has 0 atom stereocenters. The Labute approximate surface area is 152 Å². The molecule has 2 aliphatic heterocycles. The lowest BCUT2D eigenvalue weighted by Crippen LogP contribution is -2.46. The molecule has 0 radical (unpaired) electrons. The molecule has 26 heavy (non-hydrogen) atoms. The predicted octanol–water partition coefficient (Wildman–Crippen LogP) is 2.47. The Bertz CT molecular complexity index is 787. The molecule has 2 aromatic carbocycles. The lowest BCUT2D eigenvalue weighted by Gasteiger charge is -2.37. The Morgan fingerprint density at radius 3 is 2.27 bits per heavy atom. The number of piperazine rings is 1. The average molecular weight is 355 g/mol. The van der Waals surface area contributed by atoms with Crippen molar-refractivity contribution in [3.63, 3.8) is 0 Å². The third-order valence-corrected chi connectivity index (χ3v) is 4.85. The predicted molar refractivity (Wildman–Crippen MR) is 103 cm³/mol. The first kappa shape index (κ1) is 16.5. The van der Waals surface area contributed by atoms with E-state index in [-0.39, 0.29) is 5.82 Å². The van der Waals surface area contributed by atoms with E-state index in [2.05, 4.69) is 32.5 Å². The van der Waals surface area contributed by atoms with Gasteiger partial charge in [-0.25, -0.2) is 4.39 Å². The summed E-state index contributed by atoms with van der Waals surface area (Å²) in [6, 6.07) is 13.4. The molecule has 0 saturated carbocycles. The van der Waals surface area contributed by atoms with Gasteiger partial charge in [-0.1, -0.05) is 0 Å². The molecule has 4 rings (SSSR count). The maximum atomic E-state index is 14.6. The molecule has 0 aromatic heterocycles. The maximum absolute atomic E-state index is 14.6. The van der Waals surface area contributed by atoms with Crippen LogP contribution in [0.3, 0.4) is 0 Å². The summed E-state index contributed by atoms with van der Waals surface area (Å²) in [7, 11) is 1.67. The normalized spacial score (nSPS) is 16.8. The highest BCUT2D eigenvalue weighted by Gasteiger charge is 2.21. The van der Waals surface area contributed by atoms with Gasteiger partial charge in [-0.05, 0) is 42.5 Å². The molecule has 0 spiro atoms. The molecule has 0 bridgehead atoms. The van der Waals surface area contributed by atoms with Gasteiger partial charge in [-0.2, -0.15) is 5.10 Å². The van der Waals surface area contributed by atoms with Crippen molar-refractivity contribution in [3.05, 3.63) is 48.3 Å². The molecule has 1 N–H and O–H groups in total. The number of nitrogens with zero attached hydrogens (tertiary/aromatic N) is 4. The zero-order chi connectivity index (χ0) is 17.9. The van der Waals surface area contributed by atoms with E-state index in [1.165, 1.54) is 5.69 Å². The molecule has 1 saturated heterocycles. The van der Waals surface area contributed by atoms with E-state index < -0.39 is 0 Å². The topological polar surface area (TPSA) is 43.3 Å². The fourth-order valence-corrected chi connectivity index (χ4v) is 3.36. The number of hydrazone groups is 1. The van der Waals surface area contributed by atoms with Crippen LogP contribution in [0.4, 0.5) is 21.5 Å². The number of benzene rings is 2. The van der Waals surface area contributed by atoms with Crippen molar-refractivity contribution < 1.29 is 9.13 Å². The summed E-state index contributed by atoms with van der Waals surface area (Å²) in [6.07, 6.45) is 1.67. The van der Waals surface area contributed by atoms with Crippen LogP contribution in [0, 0.1) is 5.82 Å². The second-order valence-corrected chi connectivity index (χ2v) is 6.34. The van der Waals surface area contributed by atoms with Gasteiger partial charge < -0.3 is 19.4 Å². The molecule has 2 heterocycles. The van der Waals surface area contributed by atoms with E-state index in [1.807, 2.05) is 29.2 Å². The van der Waals surface area contributed by atoms with Gasteiger partial charge in [0.25, 0.3) is 0 Å². The Morgan fingerprint density at radius 1 is 0.962 bits per heavy atom. The first-order chi connectivity index (χ1) is 12.7. The van der Waals surface area contributed by atoms with E-state index in [1.54, 1.807) is 19.5 Å². The molecular weight excluding hydrogens is 333 g/mol. The minimum Gasteiger partial charge on any atom is -0.497 e. The van der Waals surface area contributed by atoms with Gasteiger partial charge in [0, 0.05) is 37.6 Å². The van der Waals surface area contributed by atoms with Crippen LogP contribution >= 0.6 is 0 Å². The molecular formula is C19H22FN5O. The Kier molecular flexibility index (Phi) is 4.51. The lowest BCUT2D eigenvalue weighted by atomic mass is 10.2. The fraction of sp³-hybridized carbons (Fsp3) is 0.316. The van der Waals surface area contributed by atoms with Crippen molar-refractivity contribution >= 4 is 23.4 Å². The number of hydrogen-bond donors (Lipinski definition) is 1. The first-order valence-corrected chi connectivity index (χ1v) is 8.71. The van der Waals surface area contributed by atoms with Crippen molar-refractivity contribution in [3.8, 4) is 5.75 Å². The van der Waals surface area contributed by atoms with Crippen molar-refractivity contribution in [1.82, 2.24) is 5.43 Å². The molecule has 0 unspecified atom stereocenters. The SMILES string of the molecule is COc1ccc(N2CCN(c3ccc(N4C=NNC4)cc3F)CC2)cc1.